The number of nitrogen functional groups attached to an aromatic ring is 1. The van der Waals surface area contributed by atoms with Gasteiger partial charge in [-0.15, -0.1) is 22.7 Å². The largest absolute Gasteiger partial charge is 0.380 e. The fourth-order valence-corrected chi connectivity index (χ4v) is 4.32. The number of rotatable bonds is 2. The summed E-state index contributed by atoms with van der Waals surface area (Å²) in [6.45, 7) is 0. The molecule has 4 aromatic rings. The zero-order valence-corrected chi connectivity index (χ0v) is 12.0. The summed E-state index contributed by atoms with van der Waals surface area (Å²) in [6.07, 6.45) is 0. The fourth-order valence-electron chi connectivity index (χ4n) is 2.23. The highest BCUT2D eigenvalue weighted by molar-refractivity contribution is 7.28. The average Bonchev–Trinajstić information content (AvgIpc) is 3.12. The van der Waals surface area contributed by atoms with E-state index in [1.165, 1.54) is 9.40 Å². The third-order valence-corrected chi connectivity index (χ3v) is 5.24. The molecule has 3 aromatic heterocycles. The van der Waals surface area contributed by atoms with Gasteiger partial charge in [-0.3, -0.25) is 0 Å². The lowest BCUT2D eigenvalue weighted by atomic mass is 10.1. The molecule has 0 spiro atoms. The van der Waals surface area contributed by atoms with Gasteiger partial charge in [-0.1, -0.05) is 35.5 Å². The molecule has 0 saturated carbocycles. The van der Waals surface area contributed by atoms with Crippen molar-refractivity contribution in [3.05, 3.63) is 47.8 Å². The highest BCUT2D eigenvalue weighted by Gasteiger charge is 2.19. The van der Waals surface area contributed by atoms with E-state index in [1.807, 2.05) is 30.3 Å². The second kappa shape index (κ2) is 4.47. The van der Waals surface area contributed by atoms with Crippen molar-refractivity contribution in [1.82, 2.24) is 5.16 Å². The Bertz CT molecular complexity index is 845. The minimum absolute atomic E-state index is 0.433. The second-order valence-corrected chi connectivity index (χ2v) is 6.43. The van der Waals surface area contributed by atoms with Gasteiger partial charge in [0.2, 0.25) is 0 Å². The van der Waals surface area contributed by atoms with Gasteiger partial charge in [-0.2, -0.15) is 0 Å². The van der Waals surface area contributed by atoms with Crippen molar-refractivity contribution in [3.8, 4) is 21.8 Å². The molecule has 4 rings (SSSR count). The molecule has 98 valence electrons. The molecule has 0 fully saturated rings. The molecule has 3 heterocycles. The van der Waals surface area contributed by atoms with Crippen LogP contribution in [0.25, 0.3) is 31.2 Å². The smallest absolute Gasteiger partial charge is 0.186 e. The molecule has 3 nitrogen and oxygen atoms in total. The lowest BCUT2D eigenvalue weighted by Crippen LogP contribution is -1.87. The summed E-state index contributed by atoms with van der Waals surface area (Å²) in [6, 6.07) is 14.2. The Balaban J connectivity index is 1.93. The Hall–Kier alpha value is -2.11. The number of fused-ring (bicyclic) bond motifs is 1. The number of nitrogens with zero attached hydrogens (tertiary/aromatic N) is 1. The number of anilines is 1. The Labute approximate surface area is 123 Å². The van der Waals surface area contributed by atoms with Crippen LogP contribution in [-0.4, -0.2) is 5.16 Å². The first kappa shape index (κ1) is 11.7. The summed E-state index contributed by atoms with van der Waals surface area (Å²) >= 11 is 3.43. The maximum absolute atomic E-state index is 5.98. The van der Waals surface area contributed by atoms with E-state index in [4.69, 9.17) is 10.3 Å². The second-order valence-electron chi connectivity index (χ2n) is 4.40. The first-order valence-electron chi connectivity index (χ1n) is 6.11. The minimum Gasteiger partial charge on any atom is -0.380 e. The molecule has 1 aromatic carbocycles. The van der Waals surface area contributed by atoms with Gasteiger partial charge in [-0.05, 0) is 23.1 Å². The van der Waals surface area contributed by atoms with Crippen LogP contribution < -0.4 is 5.73 Å². The Kier molecular flexibility index (Phi) is 2.61. The van der Waals surface area contributed by atoms with Crippen LogP contribution in [0.15, 0.2) is 52.4 Å². The molecule has 0 amide bonds. The lowest BCUT2D eigenvalue weighted by molar-refractivity contribution is 0.437. The van der Waals surface area contributed by atoms with Gasteiger partial charge >= 0.3 is 0 Å². The highest BCUT2D eigenvalue weighted by atomic mass is 32.1. The first-order valence-corrected chi connectivity index (χ1v) is 7.80. The Morgan fingerprint density at radius 2 is 1.90 bits per heavy atom. The van der Waals surface area contributed by atoms with Gasteiger partial charge in [0.25, 0.3) is 0 Å². The predicted octanol–water partition coefficient (Wildman–Crippen LogP) is 4.87. The van der Waals surface area contributed by atoms with Gasteiger partial charge in [0.1, 0.15) is 0 Å². The van der Waals surface area contributed by atoms with E-state index >= 15 is 0 Å². The van der Waals surface area contributed by atoms with Crippen LogP contribution in [-0.2, 0) is 0 Å². The summed E-state index contributed by atoms with van der Waals surface area (Å²) in [7, 11) is 0. The Morgan fingerprint density at radius 1 is 1.05 bits per heavy atom. The number of benzene rings is 1. The molecule has 20 heavy (non-hydrogen) atoms. The average molecular weight is 298 g/mol. The summed E-state index contributed by atoms with van der Waals surface area (Å²) in [5.74, 6) is 1.19. The van der Waals surface area contributed by atoms with Crippen LogP contribution in [0.4, 0.5) is 5.82 Å². The number of nitrogens with two attached hydrogens (primary N) is 1. The zero-order valence-electron chi connectivity index (χ0n) is 10.4. The van der Waals surface area contributed by atoms with E-state index in [2.05, 4.69) is 22.7 Å². The maximum atomic E-state index is 5.98. The van der Waals surface area contributed by atoms with Gasteiger partial charge in [0, 0.05) is 9.40 Å². The van der Waals surface area contributed by atoms with Crippen LogP contribution in [0.1, 0.15) is 0 Å². The van der Waals surface area contributed by atoms with Crippen LogP contribution >= 0.6 is 22.7 Å². The summed E-state index contributed by atoms with van der Waals surface area (Å²) in [5.41, 5.74) is 7.88. The van der Waals surface area contributed by atoms with Gasteiger partial charge in [-0.25, -0.2) is 0 Å². The molecule has 0 aliphatic heterocycles. The molecule has 2 N–H and O–H groups in total. The molecule has 0 unspecified atom stereocenters. The van der Waals surface area contributed by atoms with Crippen molar-refractivity contribution >= 4 is 37.9 Å². The van der Waals surface area contributed by atoms with E-state index in [-0.39, 0.29) is 0 Å². The molecule has 0 bridgehead atoms. The summed E-state index contributed by atoms with van der Waals surface area (Å²) in [5, 5.41) is 6.03. The monoisotopic (exact) mass is 298 g/mol. The molecule has 0 aliphatic carbocycles. The van der Waals surface area contributed by atoms with Crippen molar-refractivity contribution in [2.24, 2.45) is 0 Å². The summed E-state index contributed by atoms with van der Waals surface area (Å²) < 4.78 is 8.00. The van der Waals surface area contributed by atoms with Gasteiger partial charge < -0.3 is 10.3 Å². The van der Waals surface area contributed by atoms with Crippen LogP contribution in [0.5, 0.6) is 0 Å². The fraction of sp³-hybridized carbons (Fsp3) is 0. The van der Waals surface area contributed by atoms with Crippen LogP contribution in [0.2, 0.25) is 0 Å². The number of aromatic nitrogens is 1. The van der Waals surface area contributed by atoms with Crippen LogP contribution in [0.3, 0.4) is 0 Å². The van der Waals surface area contributed by atoms with E-state index in [0.717, 1.165) is 21.8 Å². The topological polar surface area (TPSA) is 52.0 Å². The minimum atomic E-state index is 0.433. The van der Waals surface area contributed by atoms with Crippen LogP contribution in [0, 0.1) is 0 Å². The number of thiophene rings is 2. The van der Waals surface area contributed by atoms with Gasteiger partial charge in [0.15, 0.2) is 11.6 Å². The molecular formula is C15H10N2OS2. The molecular weight excluding hydrogens is 288 g/mol. The van der Waals surface area contributed by atoms with Crippen molar-refractivity contribution in [2.75, 3.05) is 5.73 Å². The number of hydrogen-bond acceptors (Lipinski definition) is 5. The van der Waals surface area contributed by atoms with Gasteiger partial charge in [0.05, 0.1) is 10.4 Å². The normalized spacial score (nSPS) is 11.2. The first-order chi connectivity index (χ1) is 9.83. The third-order valence-electron chi connectivity index (χ3n) is 3.14. The SMILES string of the molecule is Nc1noc(-c2cc3sccc3s2)c1-c1ccccc1. The Morgan fingerprint density at radius 3 is 2.70 bits per heavy atom. The van der Waals surface area contributed by atoms with E-state index in [9.17, 15) is 0 Å². The van der Waals surface area contributed by atoms with E-state index in [0.29, 0.717) is 5.82 Å². The standard InChI is InChI=1S/C15H10N2OS2/c16-15-13(9-4-2-1-3-5-9)14(18-17-15)12-8-11-10(20-12)6-7-19-11/h1-8H,(H2,16,17). The van der Waals surface area contributed by atoms with Crippen molar-refractivity contribution in [2.45, 2.75) is 0 Å². The van der Waals surface area contributed by atoms with E-state index in [1.54, 1.807) is 22.7 Å². The number of hydrogen-bond donors (Lipinski definition) is 1. The molecule has 0 atom stereocenters. The van der Waals surface area contributed by atoms with Crippen molar-refractivity contribution in [3.63, 3.8) is 0 Å². The predicted molar refractivity (Wildman–Crippen MR) is 85.0 cm³/mol. The summed E-state index contributed by atoms with van der Waals surface area (Å²) in [4.78, 5) is 1.06. The quantitative estimate of drug-likeness (QED) is 0.574. The molecule has 0 saturated heterocycles. The van der Waals surface area contributed by atoms with E-state index < -0.39 is 0 Å². The zero-order chi connectivity index (χ0) is 13.5. The molecule has 0 radical (unpaired) electrons. The third kappa shape index (κ3) is 1.75. The molecule has 5 heteroatoms. The highest BCUT2D eigenvalue weighted by Crippen LogP contribution is 2.42. The van der Waals surface area contributed by atoms with Crippen molar-refractivity contribution < 1.29 is 4.52 Å². The lowest BCUT2D eigenvalue weighted by Gasteiger charge is -2.00. The maximum Gasteiger partial charge on any atom is 0.186 e. The molecule has 0 aliphatic rings. The van der Waals surface area contributed by atoms with Crippen molar-refractivity contribution in [1.29, 1.82) is 0 Å².